The number of aliphatic hydroxyl groups is 1. The van der Waals surface area contributed by atoms with E-state index in [0.29, 0.717) is 12.1 Å². The van der Waals surface area contributed by atoms with Crippen LogP contribution in [0, 0.1) is 11.8 Å². The summed E-state index contributed by atoms with van der Waals surface area (Å²) in [6, 6.07) is 11.2. The van der Waals surface area contributed by atoms with Gasteiger partial charge in [0.1, 0.15) is 6.61 Å². The van der Waals surface area contributed by atoms with Gasteiger partial charge >= 0.3 is 0 Å². The number of hydrogen-bond acceptors (Lipinski definition) is 3. The summed E-state index contributed by atoms with van der Waals surface area (Å²) in [5.74, 6) is 5.25. The number of hydrogen-bond donors (Lipinski definition) is 2. The van der Waals surface area contributed by atoms with Crippen molar-refractivity contribution >= 4 is 17.2 Å². The first-order valence-corrected chi connectivity index (χ1v) is 7.60. The highest BCUT2D eigenvalue weighted by molar-refractivity contribution is 7.11. The molecule has 0 aliphatic carbocycles. The lowest BCUT2D eigenvalue weighted by molar-refractivity contribution is 0.0951. The summed E-state index contributed by atoms with van der Waals surface area (Å²) in [7, 11) is 0. The molecule has 4 heteroatoms. The molecular weight excluding hydrogens is 282 g/mol. The summed E-state index contributed by atoms with van der Waals surface area (Å²) in [5.41, 5.74) is 1.30. The number of rotatable bonds is 4. The van der Waals surface area contributed by atoms with Crippen LogP contribution in [0.5, 0.6) is 0 Å². The second kappa shape index (κ2) is 7.63. The average Bonchev–Trinajstić information content (AvgIpc) is 2.99. The molecule has 0 aliphatic heterocycles. The van der Waals surface area contributed by atoms with Crippen molar-refractivity contribution in [2.75, 3.05) is 6.61 Å². The molecule has 0 unspecified atom stereocenters. The highest BCUT2D eigenvalue weighted by Gasteiger charge is 2.06. The van der Waals surface area contributed by atoms with Crippen molar-refractivity contribution in [3.05, 3.63) is 57.3 Å². The van der Waals surface area contributed by atoms with Gasteiger partial charge in [0.2, 0.25) is 0 Å². The molecule has 0 spiro atoms. The van der Waals surface area contributed by atoms with Crippen LogP contribution in [-0.2, 0) is 13.0 Å². The van der Waals surface area contributed by atoms with Gasteiger partial charge in [-0.15, -0.1) is 11.3 Å². The molecule has 1 heterocycles. The van der Waals surface area contributed by atoms with Crippen LogP contribution in [0.2, 0.25) is 0 Å². The van der Waals surface area contributed by atoms with E-state index < -0.39 is 0 Å². The minimum Gasteiger partial charge on any atom is -0.384 e. The van der Waals surface area contributed by atoms with Crippen LogP contribution in [0.3, 0.4) is 0 Å². The van der Waals surface area contributed by atoms with E-state index in [1.807, 2.05) is 12.1 Å². The molecule has 0 atom stereocenters. The summed E-state index contributed by atoms with van der Waals surface area (Å²) in [6.07, 6.45) is 1.02. The number of carbonyl (C=O) groups is 1. The van der Waals surface area contributed by atoms with Gasteiger partial charge in [-0.05, 0) is 36.8 Å². The molecule has 1 amide bonds. The van der Waals surface area contributed by atoms with Crippen LogP contribution < -0.4 is 5.32 Å². The Balaban J connectivity index is 1.99. The van der Waals surface area contributed by atoms with Crippen LogP contribution >= 0.6 is 11.3 Å². The lowest BCUT2D eigenvalue weighted by atomic mass is 10.1. The number of benzene rings is 1. The fourth-order valence-electron chi connectivity index (χ4n) is 1.86. The van der Waals surface area contributed by atoms with Crippen molar-refractivity contribution in [1.29, 1.82) is 0 Å². The lowest BCUT2D eigenvalue weighted by Crippen LogP contribution is -2.22. The number of aliphatic hydroxyl groups excluding tert-OH is 1. The summed E-state index contributed by atoms with van der Waals surface area (Å²) < 4.78 is 0. The van der Waals surface area contributed by atoms with E-state index in [9.17, 15) is 4.79 Å². The van der Waals surface area contributed by atoms with Gasteiger partial charge in [-0.25, -0.2) is 0 Å². The smallest absolute Gasteiger partial charge is 0.251 e. The van der Waals surface area contributed by atoms with Gasteiger partial charge < -0.3 is 10.4 Å². The molecule has 0 aliphatic rings. The molecule has 2 rings (SSSR count). The molecule has 0 bridgehead atoms. The number of carbonyl (C=O) groups excluding carboxylic acids is 1. The van der Waals surface area contributed by atoms with Gasteiger partial charge in [0.25, 0.3) is 5.91 Å². The van der Waals surface area contributed by atoms with E-state index in [2.05, 4.69) is 30.1 Å². The first-order valence-electron chi connectivity index (χ1n) is 6.78. The van der Waals surface area contributed by atoms with Crippen molar-refractivity contribution in [1.82, 2.24) is 5.32 Å². The summed E-state index contributed by atoms with van der Waals surface area (Å²) in [5, 5.41) is 11.6. The van der Waals surface area contributed by atoms with E-state index in [0.717, 1.165) is 16.9 Å². The molecule has 0 saturated carbocycles. The van der Waals surface area contributed by atoms with Crippen LogP contribution in [0.1, 0.15) is 32.6 Å². The van der Waals surface area contributed by atoms with E-state index in [1.165, 1.54) is 4.88 Å². The van der Waals surface area contributed by atoms with Gasteiger partial charge in [0.15, 0.2) is 0 Å². The van der Waals surface area contributed by atoms with Crippen LogP contribution in [0.25, 0.3) is 0 Å². The van der Waals surface area contributed by atoms with Crippen molar-refractivity contribution < 1.29 is 9.90 Å². The van der Waals surface area contributed by atoms with Gasteiger partial charge in [-0.3, -0.25) is 4.79 Å². The zero-order valence-corrected chi connectivity index (χ0v) is 12.7. The zero-order chi connectivity index (χ0) is 15.1. The monoisotopic (exact) mass is 299 g/mol. The maximum Gasteiger partial charge on any atom is 0.251 e. The van der Waals surface area contributed by atoms with Crippen molar-refractivity contribution in [2.45, 2.75) is 19.9 Å². The Morgan fingerprint density at radius 3 is 2.81 bits per heavy atom. The maximum absolute atomic E-state index is 12.1. The molecule has 2 aromatic rings. The Morgan fingerprint density at radius 1 is 1.29 bits per heavy atom. The van der Waals surface area contributed by atoms with Crippen LogP contribution in [0.4, 0.5) is 0 Å². The molecular formula is C17H17NO2S. The minimum absolute atomic E-state index is 0.117. The molecule has 1 aromatic carbocycles. The molecule has 3 nitrogen and oxygen atoms in total. The lowest BCUT2D eigenvalue weighted by Gasteiger charge is -2.04. The third-order valence-corrected chi connectivity index (χ3v) is 4.16. The van der Waals surface area contributed by atoms with E-state index >= 15 is 0 Å². The summed E-state index contributed by atoms with van der Waals surface area (Å²) >= 11 is 1.72. The Bertz CT molecular complexity index is 679. The molecule has 0 fully saturated rings. The molecule has 1 aromatic heterocycles. The Hall–Kier alpha value is -2.09. The molecule has 21 heavy (non-hydrogen) atoms. The van der Waals surface area contributed by atoms with Crippen molar-refractivity contribution in [2.24, 2.45) is 0 Å². The highest BCUT2D eigenvalue weighted by atomic mass is 32.1. The predicted molar refractivity (Wildman–Crippen MR) is 85.3 cm³/mol. The van der Waals surface area contributed by atoms with Gasteiger partial charge in [0.05, 0.1) is 6.54 Å². The van der Waals surface area contributed by atoms with E-state index in [1.54, 1.807) is 29.5 Å². The molecule has 108 valence electrons. The second-order valence-electron chi connectivity index (χ2n) is 4.44. The first kappa shape index (κ1) is 15.3. The topological polar surface area (TPSA) is 49.3 Å². The van der Waals surface area contributed by atoms with E-state index in [-0.39, 0.29) is 12.5 Å². The summed E-state index contributed by atoms with van der Waals surface area (Å²) in [4.78, 5) is 14.6. The number of thiophene rings is 1. The Kier molecular flexibility index (Phi) is 5.56. The van der Waals surface area contributed by atoms with Crippen LogP contribution in [-0.4, -0.2) is 17.6 Å². The zero-order valence-electron chi connectivity index (χ0n) is 11.8. The average molecular weight is 299 g/mol. The minimum atomic E-state index is -0.186. The molecule has 0 radical (unpaired) electrons. The maximum atomic E-state index is 12.1. The van der Waals surface area contributed by atoms with Crippen molar-refractivity contribution in [3.63, 3.8) is 0 Å². The summed E-state index contributed by atoms with van der Waals surface area (Å²) in [6.45, 7) is 2.47. The molecule has 0 saturated heterocycles. The standard InChI is InChI=1S/C17H17NO2S/c1-2-15-8-9-16(21-15)12-18-17(20)14-7-3-5-13(11-14)6-4-10-19/h3,5,7-9,11,19H,2,10,12H2,1H3,(H,18,20). The Labute approximate surface area is 128 Å². The Morgan fingerprint density at radius 2 is 2.10 bits per heavy atom. The van der Waals surface area contributed by atoms with Gasteiger partial charge in [0, 0.05) is 20.9 Å². The molecule has 2 N–H and O–H groups in total. The SMILES string of the molecule is CCc1ccc(CNC(=O)c2cccc(C#CCO)c2)s1. The van der Waals surface area contributed by atoms with Gasteiger partial charge in [-0.2, -0.15) is 0 Å². The highest BCUT2D eigenvalue weighted by Crippen LogP contribution is 2.16. The van der Waals surface area contributed by atoms with E-state index in [4.69, 9.17) is 5.11 Å². The van der Waals surface area contributed by atoms with Crippen LogP contribution in [0.15, 0.2) is 36.4 Å². The normalized spacial score (nSPS) is 9.81. The second-order valence-corrected chi connectivity index (χ2v) is 5.70. The first-order chi connectivity index (χ1) is 10.2. The van der Waals surface area contributed by atoms with Gasteiger partial charge in [-0.1, -0.05) is 24.8 Å². The number of nitrogens with one attached hydrogen (secondary N) is 1. The predicted octanol–water partition coefficient (Wildman–Crippen LogP) is 2.58. The largest absolute Gasteiger partial charge is 0.384 e. The quantitative estimate of drug-likeness (QED) is 0.853. The van der Waals surface area contributed by atoms with Crippen molar-refractivity contribution in [3.8, 4) is 11.8 Å². The fraction of sp³-hybridized carbons (Fsp3) is 0.235. The third kappa shape index (κ3) is 4.45. The fourth-order valence-corrected chi connectivity index (χ4v) is 2.75. The number of amides is 1. The number of aryl methyl sites for hydroxylation is 1. The third-order valence-electron chi connectivity index (χ3n) is 2.93.